The number of methoxy groups -OCH3 is 1. The van der Waals surface area contributed by atoms with Crippen LogP contribution >= 0.6 is 0 Å². The van der Waals surface area contributed by atoms with Crippen LogP contribution in [0.25, 0.3) is 11.0 Å². The Bertz CT molecular complexity index is 623. The van der Waals surface area contributed by atoms with E-state index in [9.17, 15) is 4.79 Å². The number of piperidine rings is 1. The average Bonchev–Trinajstić information content (AvgIpc) is 2.76. The molecule has 19 heavy (non-hydrogen) atoms. The van der Waals surface area contributed by atoms with Gasteiger partial charge in [-0.1, -0.05) is 6.07 Å². The second-order valence-electron chi connectivity index (χ2n) is 5.11. The van der Waals surface area contributed by atoms with Crippen molar-refractivity contribution in [3.63, 3.8) is 0 Å². The number of nitrogens with one attached hydrogen (secondary N) is 2. The fraction of sp³-hybridized carbons (Fsp3) is 0.500. The van der Waals surface area contributed by atoms with E-state index in [1.807, 2.05) is 22.8 Å². The SMILES string of the molecule is COc1cccc2[nH]c(=O)n(CC3CCCNC3)c12. The van der Waals surface area contributed by atoms with E-state index in [2.05, 4.69) is 10.3 Å². The van der Waals surface area contributed by atoms with Crippen molar-refractivity contribution in [1.29, 1.82) is 0 Å². The number of aromatic amines is 1. The molecule has 1 aromatic carbocycles. The molecule has 1 unspecified atom stereocenters. The van der Waals surface area contributed by atoms with E-state index in [0.29, 0.717) is 5.92 Å². The molecule has 2 N–H and O–H groups in total. The van der Waals surface area contributed by atoms with Crippen LogP contribution in [0.3, 0.4) is 0 Å². The minimum absolute atomic E-state index is 0.0509. The molecule has 2 aromatic rings. The van der Waals surface area contributed by atoms with Crippen molar-refractivity contribution < 1.29 is 4.74 Å². The normalized spacial score (nSPS) is 19.7. The number of nitrogens with zero attached hydrogens (tertiary/aromatic N) is 1. The maximum atomic E-state index is 12.1. The molecular weight excluding hydrogens is 242 g/mol. The molecule has 2 heterocycles. The molecule has 0 spiro atoms. The molecule has 0 amide bonds. The molecule has 1 fully saturated rings. The first-order valence-electron chi connectivity index (χ1n) is 6.76. The smallest absolute Gasteiger partial charge is 0.326 e. The molecule has 1 aromatic heterocycles. The van der Waals surface area contributed by atoms with E-state index in [1.165, 1.54) is 12.8 Å². The number of imidazole rings is 1. The summed E-state index contributed by atoms with van der Waals surface area (Å²) < 4.78 is 7.19. The lowest BCUT2D eigenvalue weighted by atomic mass is 9.99. The van der Waals surface area contributed by atoms with Gasteiger partial charge < -0.3 is 15.0 Å². The van der Waals surface area contributed by atoms with Crippen molar-refractivity contribution in [3.05, 3.63) is 28.7 Å². The molecule has 102 valence electrons. The van der Waals surface area contributed by atoms with Gasteiger partial charge in [0, 0.05) is 6.54 Å². The van der Waals surface area contributed by atoms with Crippen LogP contribution in [-0.4, -0.2) is 29.8 Å². The highest BCUT2D eigenvalue weighted by Crippen LogP contribution is 2.24. The van der Waals surface area contributed by atoms with Crippen molar-refractivity contribution in [2.75, 3.05) is 20.2 Å². The minimum atomic E-state index is -0.0509. The van der Waals surface area contributed by atoms with Gasteiger partial charge in [0.05, 0.1) is 12.6 Å². The van der Waals surface area contributed by atoms with E-state index >= 15 is 0 Å². The van der Waals surface area contributed by atoms with Crippen molar-refractivity contribution in [2.24, 2.45) is 5.92 Å². The number of rotatable bonds is 3. The average molecular weight is 261 g/mol. The van der Waals surface area contributed by atoms with Gasteiger partial charge in [-0.15, -0.1) is 0 Å². The van der Waals surface area contributed by atoms with Gasteiger partial charge >= 0.3 is 5.69 Å². The van der Waals surface area contributed by atoms with Crippen LogP contribution in [0.1, 0.15) is 12.8 Å². The quantitative estimate of drug-likeness (QED) is 0.876. The zero-order chi connectivity index (χ0) is 13.2. The summed E-state index contributed by atoms with van der Waals surface area (Å²) in [7, 11) is 1.64. The van der Waals surface area contributed by atoms with Crippen molar-refractivity contribution >= 4 is 11.0 Å². The largest absolute Gasteiger partial charge is 0.494 e. The minimum Gasteiger partial charge on any atom is -0.494 e. The molecule has 1 aliphatic rings. The number of fused-ring (bicyclic) bond motifs is 1. The first-order valence-corrected chi connectivity index (χ1v) is 6.76. The summed E-state index contributed by atoms with van der Waals surface area (Å²) in [5.41, 5.74) is 1.67. The first kappa shape index (κ1) is 12.3. The summed E-state index contributed by atoms with van der Waals surface area (Å²) in [4.78, 5) is 15.0. The van der Waals surface area contributed by atoms with Gasteiger partial charge in [0.15, 0.2) is 0 Å². The first-order chi connectivity index (χ1) is 9.29. The molecule has 3 rings (SSSR count). The molecule has 0 radical (unpaired) electrons. The monoisotopic (exact) mass is 261 g/mol. The molecular formula is C14H19N3O2. The lowest BCUT2D eigenvalue weighted by molar-refractivity contribution is 0.336. The predicted molar refractivity (Wildman–Crippen MR) is 74.7 cm³/mol. The van der Waals surface area contributed by atoms with Crippen molar-refractivity contribution in [1.82, 2.24) is 14.9 Å². The molecule has 1 saturated heterocycles. The Kier molecular flexibility index (Phi) is 3.29. The third-order valence-electron chi connectivity index (χ3n) is 3.82. The van der Waals surface area contributed by atoms with Crippen LogP contribution in [-0.2, 0) is 6.54 Å². The third kappa shape index (κ3) is 2.26. The van der Waals surface area contributed by atoms with Crippen LogP contribution in [0.4, 0.5) is 0 Å². The lowest BCUT2D eigenvalue weighted by Gasteiger charge is -2.23. The summed E-state index contributed by atoms with van der Waals surface area (Å²) in [5, 5.41) is 3.39. The highest BCUT2D eigenvalue weighted by Gasteiger charge is 2.18. The number of hydrogen-bond donors (Lipinski definition) is 2. The number of H-pyrrole nitrogens is 1. The molecule has 1 aliphatic heterocycles. The molecule has 0 bridgehead atoms. The van der Waals surface area contributed by atoms with E-state index in [-0.39, 0.29) is 5.69 Å². The van der Waals surface area contributed by atoms with Gasteiger partial charge in [0.2, 0.25) is 0 Å². The predicted octanol–water partition coefficient (Wildman–Crippen LogP) is 1.34. The van der Waals surface area contributed by atoms with E-state index in [1.54, 1.807) is 7.11 Å². The Morgan fingerprint density at radius 1 is 1.47 bits per heavy atom. The fourth-order valence-corrected chi connectivity index (χ4v) is 2.86. The van der Waals surface area contributed by atoms with Gasteiger partial charge in [0.1, 0.15) is 11.3 Å². The van der Waals surface area contributed by atoms with E-state index < -0.39 is 0 Å². The van der Waals surface area contributed by atoms with Crippen molar-refractivity contribution in [3.8, 4) is 5.75 Å². The maximum Gasteiger partial charge on any atom is 0.326 e. The Morgan fingerprint density at radius 2 is 2.37 bits per heavy atom. The van der Waals surface area contributed by atoms with Crippen LogP contribution in [0.5, 0.6) is 5.75 Å². The summed E-state index contributed by atoms with van der Waals surface area (Å²) >= 11 is 0. The Hall–Kier alpha value is -1.75. The number of hydrogen-bond acceptors (Lipinski definition) is 3. The number of para-hydroxylation sites is 1. The highest BCUT2D eigenvalue weighted by atomic mass is 16.5. The van der Waals surface area contributed by atoms with E-state index in [4.69, 9.17) is 4.74 Å². The zero-order valence-corrected chi connectivity index (χ0v) is 11.1. The molecule has 0 saturated carbocycles. The van der Waals surface area contributed by atoms with E-state index in [0.717, 1.165) is 36.4 Å². The number of ether oxygens (including phenoxy) is 1. The molecule has 0 aliphatic carbocycles. The summed E-state index contributed by atoms with van der Waals surface area (Å²) in [6.45, 7) is 2.81. The van der Waals surface area contributed by atoms with Gasteiger partial charge in [-0.2, -0.15) is 0 Å². The third-order valence-corrected chi connectivity index (χ3v) is 3.82. The molecule has 5 heteroatoms. The Balaban J connectivity index is 2.01. The van der Waals surface area contributed by atoms with Crippen LogP contribution in [0.2, 0.25) is 0 Å². The highest BCUT2D eigenvalue weighted by molar-refractivity contribution is 5.81. The topological polar surface area (TPSA) is 59.1 Å². The number of aromatic nitrogens is 2. The lowest BCUT2D eigenvalue weighted by Crippen LogP contribution is -2.34. The van der Waals surface area contributed by atoms with Gasteiger partial charge in [-0.25, -0.2) is 4.79 Å². The summed E-state index contributed by atoms with van der Waals surface area (Å²) in [6.07, 6.45) is 2.35. The Labute approximate surface area is 111 Å². The standard InChI is InChI=1S/C14H19N3O2/c1-19-12-6-2-5-11-13(12)17(14(18)16-11)9-10-4-3-7-15-8-10/h2,5-6,10,15H,3-4,7-9H2,1H3,(H,16,18). The van der Waals surface area contributed by atoms with Crippen molar-refractivity contribution in [2.45, 2.75) is 19.4 Å². The van der Waals surface area contributed by atoms with Gasteiger partial charge in [0.25, 0.3) is 0 Å². The van der Waals surface area contributed by atoms with Gasteiger partial charge in [-0.3, -0.25) is 4.57 Å². The summed E-state index contributed by atoms with van der Waals surface area (Å²) in [5.74, 6) is 1.26. The fourth-order valence-electron chi connectivity index (χ4n) is 2.86. The van der Waals surface area contributed by atoms with Gasteiger partial charge in [-0.05, 0) is 44.0 Å². The zero-order valence-electron chi connectivity index (χ0n) is 11.1. The molecule has 1 atom stereocenters. The maximum absolute atomic E-state index is 12.1. The summed E-state index contributed by atoms with van der Waals surface area (Å²) in [6, 6.07) is 5.70. The second-order valence-corrected chi connectivity index (χ2v) is 5.11. The number of benzene rings is 1. The van der Waals surface area contributed by atoms with Crippen LogP contribution in [0, 0.1) is 5.92 Å². The van der Waals surface area contributed by atoms with Crippen LogP contribution < -0.4 is 15.7 Å². The Morgan fingerprint density at radius 3 is 3.11 bits per heavy atom. The second kappa shape index (κ2) is 5.09. The molecule has 5 nitrogen and oxygen atoms in total. The van der Waals surface area contributed by atoms with Crippen LogP contribution in [0.15, 0.2) is 23.0 Å².